The van der Waals surface area contributed by atoms with Crippen LogP contribution in [0.5, 0.6) is 0 Å². The van der Waals surface area contributed by atoms with Crippen LogP contribution in [-0.2, 0) is 11.2 Å². The predicted molar refractivity (Wildman–Crippen MR) is 85.7 cm³/mol. The number of benzene rings is 1. The van der Waals surface area contributed by atoms with Crippen molar-refractivity contribution in [2.75, 3.05) is 26.7 Å². The van der Waals surface area contributed by atoms with Gasteiger partial charge in [0.1, 0.15) is 0 Å². The zero-order valence-electron chi connectivity index (χ0n) is 12.1. The van der Waals surface area contributed by atoms with Gasteiger partial charge in [0, 0.05) is 24.5 Å². The van der Waals surface area contributed by atoms with Crippen LogP contribution in [0.3, 0.4) is 0 Å². The first-order valence-electron chi connectivity index (χ1n) is 7.34. The van der Waals surface area contributed by atoms with Gasteiger partial charge in [-0.05, 0) is 56.0 Å². The molecule has 4 heteroatoms. The SMILES string of the molecule is CN(CCc1ccc(Br)cc1)C(=O)CCC1CCNC1. The van der Waals surface area contributed by atoms with Gasteiger partial charge in [-0.1, -0.05) is 28.1 Å². The van der Waals surface area contributed by atoms with Gasteiger partial charge in [0.15, 0.2) is 0 Å². The summed E-state index contributed by atoms with van der Waals surface area (Å²) in [6.07, 6.45) is 3.84. The number of hydrogen-bond acceptors (Lipinski definition) is 2. The second-order valence-corrected chi connectivity index (χ2v) is 6.50. The maximum Gasteiger partial charge on any atom is 0.222 e. The van der Waals surface area contributed by atoms with E-state index >= 15 is 0 Å². The van der Waals surface area contributed by atoms with Crippen molar-refractivity contribution in [3.63, 3.8) is 0 Å². The number of rotatable bonds is 6. The fourth-order valence-electron chi connectivity index (χ4n) is 2.55. The zero-order valence-corrected chi connectivity index (χ0v) is 13.7. The molecule has 1 aliphatic heterocycles. The Labute approximate surface area is 129 Å². The van der Waals surface area contributed by atoms with Crippen molar-refractivity contribution < 1.29 is 4.79 Å². The molecule has 0 spiro atoms. The van der Waals surface area contributed by atoms with E-state index < -0.39 is 0 Å². The largest absolute Gasteiger partial charge is 0.345 e. The zero-order chi connectivity index (χ0) is 14.4. The van der Waals surface area contributed by atoms with Gasteiger partial charge >= 0.3 is 0 Å². The highest BCUT2D eigenvalue weighted by molar-refractivity contribution is 9.10. The molecule has 0 saturated carbocycles. The molecule has 3 nitrogen and oxygen atoms in total. The number of carbonyl (C=O) groups is 1. The minimum atomic E-state index is 0.272. The minimum Gasteiger partial charge on any atom is -0.345 e. The number of halogens is 1. The van der Waals surface area contributed by atoms with Crippen molar-refractivity contribution in [3.8, 4) is 0 Å². The van der Waals surface area contributed by atoms with Gasteiger partial charge in [-0.3, -0.25) is 4.79 Å². The summed E-state index contributed by atoms with van der Waals surface area (Å²) in [5.41, 5.74) is 1.27. The van der Waals surface area contributed by atoms with Crippen molar-refractivity contribution >= 4 is 21.8 Å². The first-order chi connectivity index (χ1) is 9.65. The summed E-state index contributed by atoms with van der Waals surface area (Å²) in [5, 5.41) is 3.35. The summed E-state index contributed by atoms with van der Waals surface area (Å²) in [6.45, 7) is 2.98. The molecule has 20 heavy (non-hydrogen) atoms. The van der Waals surface area contributed by atoms with Crippen molar-refractivity contribution in [1.29, 1.82) is 0 Å². The van der Waals surface area contributed by atoms with E-state index in [1.807, 2.05) is 24.1 Å². The summed E-state index contributed by atoms with van der Waals surface area (Å²) in [5.74, 6) is 0.966. The third-order valence-electron chi connectivity index (χ3n) is 4.00. The highest BCUT2D eigenvalue weighted by atomic mass is 79.9. The molecule has 1 aromatic rings. The lowest BCUT2D eigenvalue weighted by Crippen LogP contribution is -2.29. The number of amides is 1. The monoisotopic (exact) mass is 338 g/mol. The van der Waals surface area contributed by atoms with Crippen LogP contribution in [-0.4, -0.2) is 37.5 Å². The van der Waals surface area contributed by atoms with Gasteiger partial charge in [-0.2, -0.15) is 0 Å². The van der Waals surface area contributed by atoms with Crippen molar-refractivity contribution in [3.05, 3.63) is 34.3 Å². The van der Waals surface area contributed by atoms with E-state index in [0.717, 1.165) is 36.9 Å². The Bertz CT molecular complexity index is 427. The Kier molecular flexibility index (Phi) is 6.05. The molecular formula is C16H23BrN2O. The highest BCUT2D eigenvalue weighted by Gasteiger charge is 2.17. The highest BCUT2D eigenvalue weighted by Crippen LogP contribution is 2.15. The Balaban J connectivity index is 1.69. The Morgan fingerprint density at radius 2 is 2.15 bits per heavy atom. The molecule has 1 heterocycles. The van der Waals surface area contributed by atoms with Crippen molar-refractivity contribution in [2.24, 2.45) is 5.92 Å². The number of hydrogen-bond donors (Lipinski definition) is 1. The fourth-order valence-corrected chi connectivity index (χ4v) is 2.82. The number of nitrogens with zero attached hydrogens (tertiary/aromatic N) is 1. The van der Waals surface area contributed by atoms with Crippen molar-refractivity contribution in [2.45, 2.75) is 25.7 Å². The van der Waals surface area contributed by atoms with Crippen LogP contribution in [0.25, 0.3) is 0 Å². The third kappa shape index (κ3) is 4.91. The first-order valence-corrected chi connectivity index (χ1v) is 8.13. The lowest BCUT2D eigenvalue weighted by molar-refractivity contribution is -0.130. The second kappa shape index (κ2) is 7.79. The summed E-state index contributed by atoms with van der Waals surface area (Å²) >= 11 is 3.43. The molecule has 1 N–H and O–H groups in total. The number of likely N-dealkylation sites (N-methyl/N-ethyl adjacent to an activating group) is 1. The Morgan fingerprint density at radius 3 is 2.80 bits per heavy atom. The quantitative estimate of drug-likeness (QED) is 0.864. The summed E-state index contributed by atoms with van der Waals surface area (Å²) in [6, 6.07) is 8.30. The summed E-state index contributed by atoms with van der Waals surface area (Å²) in [4.78, 5) is 13.9. The summed E-state index contributed by atoms with van der Waals surface area (Å²) < 4.78 is 1.09. The number of carbonyl (C=O) groups excluding carboxylic acids is 1. The molecule has 1 saturated heterocycles. The van der Waals surface area contributed by atoms with Crippen LogP contribution >= 0.6 is 15.9 Å². The summed E-state index contributed by atoms with van der Waals surface area (Å²) in [7, 11) is 1.91. The van der Waals surface area contributed by atoms with Gasteiger partial charge in [-0.15, -0.1) is 0 Å². The van der Waals surface area contributed by atoms with Crippen molar-refractivity contribution in [1.82, 2.24) is 10.2 Å². The van der Waals surface area contributed by atoms with Crippen LogP contribution in [0, 0.1) is 5.92 Å². The van der Waals surface area contributed by atoms with E-state index in [1.165, 1.54) is 12.0 Å². The van der Waals surface area contributed by atoms with E-state index in [-0.39, 0.29) is 5.91 Å². The fraction of sp³-hybridized carbons (Fsp3) is 0.562. The second-order valence-electron chi connectivity index (χ2n) is 5.59. The van der Waals surface area contributed by atoms with Crippen LogP contribution in [0.15, 0.2) is 28.7 Å². The van der Waals surface area contributed by atoms with Crippen LogP contribution in [0.1, 0.15) is 24.8 Å². The van der Waals surface area contributed by atoms with Crippen LogP contribution in [0.4, 0.5) is 0 Å². The normalized spacial score (nSPS) is 18.2. The molecule has 110 valence electrons. The lowest BCUT2D eigenvalue weighted by Gasteiger charge is -2.18. The molecule has 1 atom stereocenters. The van der Waals surface area contributed by atoms with E-state index in [2.05, 4.69) is 33.4 Å². The number of nitrogens with one attached hydrogen (secondary N) is 1. The maximum atomic E-state index is 12.1. The predicted octanol–water partition coefficient (Wildman–Crippen LogP) is 2.84. The molecule has 1 unspecified atom stereocenters. The van der Waals surface area contributed by atoms with Crippen LogP contribution in [0.2, 0.25) is 0 Å². The van der Waals surface area contributed by atoms with Gasteiger partial charge in [0.25, 0.3) is 0 Å². The molecule has 0 aromatic heterocycles. The van der Waals surface area contributed by atoms with E-state index in [4.69, 9.17) is 0 Å². The van der Waals surface area contributed by atoms with Gasteiger partial charge < -0.3 is 10.2 Å². The molecule has 1 aromatic carbocycles. The lowest BCUT2D eigenvalue weighted by atomic mass is 10.0. The average molecular weight is 339 g/mol. The maximum absolute atomic E-state index is 12.1. The molecule has 0 bridgehead atoms. The molecule has 0 aliphatic carbocycles. The minimum absolute atomic E-state index is 0.272. The Hall–Kier alpha value is -0.870. The molecule has 1 aliphatic rings. The van der Waals surface area contributed by atoms with E-state index in [0.29, 0.717) is 12.3 Å². The van der Waals surface area contributed by atoms with Gasteiger partial charge in [0.05, 0.1) is 0 Å². The van der Waals surface area contributed by atoms with Gasteiger partial charge in [0.2, 0.25) is 5.91 Å². The third-order valence-corrected chi connectivity index (χ3v) is 4.53. The standard InChI is InChI=1S/C16H23BrN2O/c1-19(11-9-13-2-5-15(17)6-3-13)16(20)7-4-14-8-10-18-12-14/h2-3,5-6,14,18H,4,7-12H2,1H3. The molecule has 1 amide bonds. The smallest absolute Gasteiger partial charge is 0.222 e. The topological polar surface area (TPSA) is 32.3 Å². The Morgan fingerprint density at radius 1 is 1.40 bits per heavy atom. The molecule has 0 radical (unpaired) electrons. The molecule has 1 fully saturated rings. The molecule has 2 rings (SSSR count). The first kappa shape index (κ1) is 15.5. The van der Waals surface area contributed by atoms with E-state index in [1.54, 1.807) is 0 Å². The van der Waals surface area contributed by atoms with Crippen LogP contribution < -0.4 is 5.32 Å². The van der Waals surface area contributed by atoms with E-state index in [9.17, 15) is 4.79 Å². The molecular weight excluding hydrogens is 316 g/mol. The average Bonchev–Trinajstić information content (AvgIpc) is 2.97. The van der Waals surface area contributed by atoms with Gasteiger partial charge in [-0.25, -0.2) is 0 Å².